The minimum atomic E-state index is -1.09. The molecule has 0 radical (unpaired) electrons. The van der Waals surface area contributed by atoms with E-state index in [1.165, 1.54) is 6.07 Å². The highest BCUT2D eigenvalue weighted by Gasteiger charge is 2.17. The number of ether oxygens (including phenoxy) is 1. The number of aliphatic hydroxyl groups is 1. The second-order valence-corrected chi connectivity index (χ2v) is 6.63. The van der Waals surface area contributed by atoms with Crippen LogP contribution in [0.1, 0.15) is 10.5 Å². The fourth-order valence-electron chi connectivity index (χ4n) is 2.57. The molecule has 0 saturated carbocycles. The van der Waals surface area contributed by atoms with E-state index in [-0.39, 0.29) is 24.2 Å². The Morgan fingerprint density at radius 3 is 2.63 bits per heavy atom. The molecule has 1 atom stereocenters. The SMILES string of the molecule is NC(=O)c1nn(CC(O)COc2cc(Cl)ccc2Cl)c(=O)c2ccccc12. The molecule has 0 bridgehead atoms. The number of primary amides is 1. The topological polar surface area (TPSA) is 107 Å². The fourth-order valence-corrected chi connectivity index (χ4v) is 2.90. The number of carbonyl (C=O) groups is 1. The number of benzene rings is 2. The lowest BCUT2D eigenvalue weighted by Crippen LogP contribution is -2.34. The highest BCUT2D eigenvalue weighted by Crippen LogP contribution is 2.27. The van der Waals surface area contributed by atoms with Crippen LogP contribution in [0.5, 0.6) is 5.75 Å². The lowest BCUT2D eigenvalue weighted by molar-refractivity contribution is 0.0871. The molecule has 0 fully saturated rings. The zero-order valence-electron chi connectivity index (χ0n) is 13.9. The van der Waals surface area contributed by atoms with Crippen molar-refractivity contribution in [2.75, 3.05) is 6.61 Å². The van der Waals surface area contributed by atoms with E-state index in [1.54, 1.807) is 36.4 Å². The molecule has 1 aromatic heterocycles. The van der Waals surface area contributed by atoms with Gasteiger partial charge in [0, 0.05) is 16.5 Å². The number of rotatable bonds is 6. The smallest absolute Gasteiger partial charge is 0.274 e. The first-order valence-corrected chi connectivity index (χ1v) is 8.68. The predicted molar refractivity (Wildman–Crippen MR) is 102 cm³/mol. The van der Waals surface area contributed by atoms with Gasteiger partial charge in [-0.15, -0.1) is 0 Å². The second kappa shape index (κ2) is 7.96. The quantitative estimate of drug-likeness (QED) is 0.651. The van der Waals surface area contributed by atoms with Crippen LogP contribution >= 0.6 is 23.2 Å². The molecule has 27 heavy (non-hydrogen) atoms. The van der Waals surface area contributed by atoms with Crippen LogP contribution in [0.2, 0.25) is 10.0 Å². The molecule has 3 N–H and O–H groups in total. The molecule has 0 aliphatic carbocycles. The number of fused-ring (bicyclic) bond motifs is 1. The van der Waals surface area contributed by atoms with Gasteiger partial charge in [-0.1, -0.05) is 41.4 Å². The van der Waals surface area contributed by atoms with E-state index in [1.807, 2.05) is 0 Å². The number of carbonyl (C=O) groups excluding carboxylic acids is 1. The molecular formula is C18H15Cl2N3O4. The van der Waals surface area contributed by atoms with Crippen molar-refractivity contribution >= 4 is 39.9 Å². The number of aromatic nitrogens is 2. The Bertz CT molecular complexity index is 1070. The van der Waals surface area contributed by atoms with Gasteiger partial charge in [-0.2, -0.15) is 5.10 Å². The normalized spacial score (nSPS) is 12.1. The molecule has 0 saturated heterocycles. The minimum absolute atomic E-state index is 0.0452. The van der Waals surface area contributed by atoms with Crippen LogP contribution in [-0.4, -0.2) is 33.5 Å². The van der Waals surface area contributed by atoms with Gasteiger partial charge in [0.05, 0.1) is 17.0 Å². The van der Waals surface area contributed by atoms with Crippen LogP contribution < -0.4 is 16.0 Å². The largest absolute Gasteiger partial charge is 0.489 e. The number of aliphatic hydroxyl groups excluding tert-OH is 1. The first-order valence-electron chi connectivity index (χ1n) is 7.92. The molecule has 3 aromatic rings. The van der Waals surface area contributed by atoms with E-state index in [0.29, 0.717) is 21.2 Å². The summed E-state index contributed by atoms with van der Waals surface area (Å²) in [5, 5.41) is 15.6. The number of amides is 1. The standard InChI is InChI=1S/C18H15Cl2N3O4/c19-10-5-6-14(20)15(7-10)27-9-11(24)8-23-18(26)13-4-2-1-3-12(13)16(22-23)17(21)25/h1-7,11,24H,8-9H2,(H2,21,25). The van der Waals surface area contributed by atoms with Crippen LogP contribution in [0.3, 0.4) is 0 Å². The lowest BCUT2D eigenvalue weighted by Gasteiger charge is -2.15. The Morgan fingerprint density at radius 2 is 1.93 bits per heavy atom. The van der Waals surface area contributed by atoms with E-state index in [0.717, 1.165) is 4.68 Å². The van der Waals surface area contributed by atoms with Crippen molar-refractivity contribution in [2.24, 2.45) is 5.73 Å². The zero-order valence-corrected chi connectivity index (χ0v) is 15.4. The number of nitrogens with zero attached hydrogens (tertiary/aromatic N) is 2. The first kappa shape index (κ1) is 19.2. The van der Waals surface area contributed by atoms with Gasteiger partial charge in [0.25, 0.3) is 11.5 Å². The van der Waals surface area contributed by atoms with Gasteiger partial charge in [0.2, 0.25) is 0 Å². The highest BCUT2D eigenvalue weighted by molar-refractivity contribution is 6.34. The summed E-state index contributed by atoms with van der Waals surface area (Å²) < 4.78 is 6.45. The fraction of sp³-hybridized carbons (Fsp3) is 0.167. The van der Waals surface area contributed by atoms with Gasteiger partial charge in [-0.05, 0) is 18.2 Å². The molecule has 1 unspecified atom stereocenters. The van der Waals surface area contributed by atoms with Crippen molar-refractivity contribution in [3.05, 3.63) is 68.6 Å². The van der Waals surface area contributed by atoms with Gasteiger partial charge in [-0.25, -0.2) is 4.68 Å². The van der Waals surface area contributed by atoms with Crippen LogP contribution in [0, 0.1) is 0 Å². The third-order valence-electron chi connectivity index (χ3n) is 3.81. The molecule has 1 heterocycles. The van der Waals surface area contributed by atoms with Crippen molar-refractivity contribution in [3.8, 4) is 5.75 Å². The van der Waals surface area contributed by atoms with Gasteiger partial charge in [0.15, 0.2) is 5.69 Å². The van der Waals surface area contributed by atoms with Gasteiger partial charge < -0.3 is 15.6 Å². The Morgan fingerprint density at radius 1 is 1.22 bits per heavy atom. The molecule has 0 aliphatic heterocycles. The Kier molecular flexibility index (Phi) is 5.65. The van der Waals surface area contributed by atoms with E-state index >= 15 is 0 Å². The monoisotopic (exact) mass is 407 g/mol. The summed E-state index contributed by atoms with van der Waals surface area (Å²) in [6.45, 7) is -0.352. The Balaban J connectivity index is 1.83. The lowest BCUT2D eigenvalue weighted by atomic mass is 10.1. The summed E-state index contributed by atoms with van der Waals surface area (Å²) >= 11 is 11.9. The molecule has 2 aromatic carbocycles. The zero-order chi connectivity index (χ0) is 19.6. The average molecular weight is 408 g/mol. The number of hydrogen-bond acceptors (Lipinski definition) is 5. The number of hydrogen-bond donors (Lipinski definition) is 2. The Hall–Kier alpha value is -2.61. The van der Waals surface area contributed by atoms with E-state index in [2.05, 4.69) is 5.10 Å². The molecule has 7 nitrogen and oxygen atoms in total. The molecular weight excluding hydrogens is 393 g/mol. The van der Waals surface area contributed by atoms with Gasteiger partial charge in [-0.3, -0.25) is 9.59 Å². The average Bonchev–Trinajstić information content (AvgIpc) is 2.64. The Labute approximate surface area is 163 Å². The number of halogens is 2. The first-order chi connectivity index (χ1) is 12.9. The van der Waals surface area contributed by atoms with Crippen molar-refractivity contribution in [1.29, 1.82) is 0 Å². The summed E-state index contributed by atoms with van der Waals surface area (Å²) in [7, 11) is 0. The van der Waals surface area contributed by atoms with Gasteiger partial charge >= 0.3 is 0 Å². The third kappa shape index (κ3) is 4.21. The summed E-state index contributed by atoms with van der Waals surface area (Å²) in [5.74, 6) is -0.462. The maximum absolute atomic E-state index is 12.6. The molecule has 9 heteroatoms. The van der Waals surface area contributed by atoms with E-state index < -0.39 is 17.6 Å². The molecule has 0 aliphatic rings. The summed E-state index contributed by atoms with van der Waals surface area (Å²) in [6.07, 6.45) is -1.09. The van der Waals surface area contributed by atoms with Crippen molar-refractivity contribution < 1.29 is 14.6 Å². The highest BCUT2D eigenvalue weighted by atomic mass is 35.5. The minimum Gasteiger partial charge on any atom is -0.489 e. The van der Waals surface area contributed by atoms with Crippen LogP contribution in [0.4, 0.5) is 0 Å². The second-order valence-electron chi connectivity index (χ2n) is 5.79. The van der Waals surface area contributed by atoms with Crippen molar-refractivity contribution in [2.45, 2.75) is 12.6 Å². The van der Waals surface area contributed by atoms with Crippen LogP contribution in [0.15, 0.2) is 47.3 Å². The molecule has 3 rings (SSSR count). The summed E-state index contributed by atoms with van der Waals surface area (Å²) in [6, 6.07) is 11.2. The van der Waals surface area contributed by atoms with E-state index in [9.17, 15) is 14.7 Å². The van der Waals surface area contributed by atoms with E-state index in [4.69, 9.17) is 33.7 Å². The maximum Gasteiger partial charge on any atom is 0.274 e. The predicted octanol–water partition coefficient (Wildman–Crippen LogP) is 2.24. The summed E-state index contributed by atoms with van der Waals surface area (Å²) in [5.41, 5.74) is 4.87. The van der Waals surface area contributed by atoms with Gasteiger partial charge in [0.1, 0.15) is 18.5 Å². The number of nitrogens with two attached hydrogens (primary N) is 1. The maximum atomic E-state index is 12.6. The van der Waals surface area contributed by atoms with Crippen molar-refractivity contribution in [1.82, 2.24) is 9.78 Å². The molecule has 1 amide bonds. The third-order valence-corrected chi connectivity index (χ3v) is 4.36. The molecule has 140 valence electrons. The summed E-state index contributed by atoms with van der Waals surface area (Å²) in [4.78, 5) is 24.2. The van der Waals surface area contributed by atoms with Crippen LogP contribution in [0.25, 0.3) is 10.8 Å². The van der Waals surface area contributed by atoms with Crippen molar-refractivity contribution in [3.63, 3.8) is 0 Å². The van der Waals surface area contributed by atoms with Crippen LogP contribution in [-0.2, 0) is 6.54 Å². The molecule has 0 spiro atoms.